The first kappa shape index (κ1) is 12.8. The van der Waals surface area contributed by atoms with Crippen LogP contribution < -0.4 is 0 Å². The molecule has 0 aliphatic carbocycles. The summed E-state index contributed by atoms with van der Waals surface area (Å²) >= 11 is 0. The number of phenolic OH excluding ortho intramolecular Hbond substituents is 1. The Labute approximate surface area is 111 Å². The van der Waals surface area contributed by atoms with Crippen molar-refractivity contribution in [1.29, 1.82) is 0 Å². The van der Waals surface area contributed by atoms with Crippen molar-refractivity contribution in [2.75, 3.05) is 0 Å². The van der Waals surface area contributed by atoms with Crippen LogP contribution >= 0.6 is 0 Å². The molecule has 0 aliphatic heterocycles. The number of carbonyl (C=O) groups is 1. The van der Waals surface area contributed by atoms with E-state index < -0.39 is 5.97 Å². The summed E-state index contributed by atoms with van der Waals surface area (Å²) in [5.41, 5.74) is 1.02. The highest BCUT2D eigenvalue weighted by atomic mass is 16.5. The third-order valence-corrected chi connectivity index (χ3v) is 2.36. The highest BCUT2D eigenvalue weighted by Gasteiger charge is 2.09. The van der Waals surface area contributed by atoms with Crippen molar-refractivity contribution in [3.05, 3.63) is 60.2 Å². The number of ether oxygens (including phenoxy) is 1. The number of rotatable bonds is 2. The number of benzene rings is 2. The molecule has 2 aromatic rings. The van der Waals surface area contributed by atoms with Crippen LogP contribution in [0.5, 0.6) is 5.75 Å². The molecule has 2 rings (SSSR count). The van der Waals surface area contributed by atoms with Crippen molar-refractivity contribution in [3.8, 4) is 5.75 Å². The third-order valence-electron chi connectivity index (χ3n) is 2.36. The summed E-state index contributed by atoms with van der Waals surface area (Å²) in [5, 5.41) is 9.69. The highest BCUT2D eigenvalue weighted by Crippen LogP contribution is 2.26. The molecule has 0 bridgehead atoms. The second-order valence-corrected chi connectivity index (χ2v) is 3.87. The van der Waals surface area contributed by atoms with Crippen molar-refractivity contribution in [2.24, 2.45) is 4.99 Å². The lowest BCUT2D eigenvalue weighted by Crippen LogP contribution is -2.10. The zero-order valence-corrected chi connectivity index (χ0v) is 10.4. The maximum absolute atomic E-state index is 11.1. The molecule has 4 nitrogen and oxygen atoms in total. The Hall–Kier alpha value is -2.62. The number of phenols is 1. The van der Waals surface area contributed by atoms with Gasteiger partial charge in [0.25, 0.3) is 0 Å². The van der Waals surface area contributed by atoms with Gasteiger partial charge >= 0.3 is 5.97 Å². The molecule has 4 heteroatoms. The van der Waals surface area contributed by atoms with Crippen LogP contribution in [-0.2, 0) is 9.53 Å². The van der Waals surface area contributed by atoms with E-state index in [0.29, 0.717) is 11.3 Å². The molecule has 0 saturated heterocycles. The fourth-order valence-corrected chi connectivity index (χ4v) is 1.53. The lowest BCUT2D eigenvalue weighted by Gasteiger charge is -2.06. The van der Waals surface area contributed by atoms with E-state index in [-0.39, 0.29) is 11.6 Å². The summed E-state index contributed by atoms with van der Waals surface area (Å²) in [4.78, 5) is 15.3. The SMILES string of the molecule is CC(=O)OC(=Nc1ccccc1O)c1ccccc1. The molecule has 0 atom stereocenters. The smallest absolute Gasteiger partial charge is 0.309 e. The summed E-state index contributed by atoms with van der Waals surface area (Å²) in [6, 6.07) is 15.7. The number of aliphatic imine (C=N–C) groups is 1. The highest BCUT2D eigenvalue weighted by molar-refractivity contribution is 6.01. The van der Waals surface area contributed by atoms with E-state index in [2.05, 4.69) is 4.99 Å². The number of hydrogen-bond donors (Lipinski definition) is 1. The van der Waals surface area contributed by atoms with Gasteiger partial charge < -0.3 is 9.84 Å². The molecule has 96 valence electrons. The third kappa shape index (κ3) is 3.42. The maximum Gasteiger partial charge on any atom is 0.309 e. The van der Waals surface area contributed by atoms with Crippen molar-refractivity contribution in [3.63, 3.8) is 0 Å². The normalized spacial score (nSPS) is 11.1. The second kappa shape index (κ2) is 5.82. The average molecular weight is 255 g/mol. The molecule has 1 N–H and O–H groups in total. The van der Waals surface area contributed by atoms with E-state index in [1.165, 1.54) is 13.0 Å². The molecular formula is C15H13NO3. The molecule has 0 radical (unpaired) electrons. The van der Waals surface area contributed by atoms with Crippen molar-refractivity contribution in [1.82, 2.24) is 0 Å². The quantitative estimate of drug-likeness (QED) is 0.509. The van der Waals surface area contributed by atoms with Gasteiger partial charge in [0.1, 0.15) is 11.4 Å². The predicted molar refractivity (Wildman–Crippen MR) is 72.5 cm³/mol. The summed E-state index contributed by atoms with van der Waals surface area (Å²) in [5.74, 6) is -0.268. The second-order valence-electron chi connectivity index (χ2n) is 3.87. The van der Waals surface area contributed by atoms with E-state index in [4.69, 9.17) is 4.74 Å². The first-order chi connectivity index (χ1) is 9.16. The van der Waals surface area contributed by atoms with Crippen molar-refractivity contribution < 1.29 is 14.6 Å². The van der Waals surface area contributed by atoms with Gasteiger partial charge in [-0.1, -0.05) is 30.3 Å². The average Bonchev–Trinajstić information content (AvgIpc) is 2.41. The minimum atomic E-state index is -0.460. The molecule has 0 aliphatic rings. The van der Waals surface area contributed by atoms with Crippen LogP contribution in [-0.4, -0.2) is 17.0 Å². The van der Waals surface area contributed by atoms with Gasteiger partial charge in [0, 0.05) is 12.5 Å². The Morgan fingerprint density at radius 1 is 1.05 bits per heavy atom. The number of para-hydroxylation sites is 2. The van der Waals surface area contributed by atoms with Crippen molar-refractivity contribution in [2.45, 2.75) is 6.92 Å². The van der Waals surface area contributed by atoms with Gasteiger partial charge in [0.15, 0.2) is 0 Å². The lowest BCUT2D eigenvalue weighted by molar-refractivity contribution is -0.132. The Morgan fingerprint density at radius 2 is 1.68 bits per heavy atom. The molecule has 0 amide bonds. The number of hydrogen-bond acceptors (Lipinski definition) is 4. The van der Waals surface area contributed by atoms with Gasteiger partial charge in [-0.25, -0.2) is 4.99 Å². The topological polar surface area (TPSA) is 58.9 Å². The summed E-state index contributed by atoms with van der Waals surface area (Å²) < 4.78 is 5.10. The zero-order chi connectivity index (χ0) is 13.7. The monoisotopic (exact) mass is 255 g/mol. The molecule has 0 saturated carbocycles. The zero-order valence-electron chi connectivity index (χ0n) is 10.4. The van der Waals surface area contributed by atoms with Crippen LogP contribution in [0, 0.1) is 0 Å². The Bertz CT molecular complexity index is 606. The van der Waals surface area contributed by atoms with Crippen LogP contribution in [0.4, 0.5) is 5.69 Å². The predicted octanol–water partition coefficient (Wildman–Crippen LogP) is 3.03. The van der Waals surface area contributed by atoms with Crippen LogP contribution in [0.1, 0.15) is 12.5 Å². The minimum Gasteiger partial charge on any atom is -0.506 e. The molecule has 19 heavy (non-hydrogen) atoms. The van der Waals surface area contributed by atoms with Crippen LogP contribution in [0.3, 0.4) is 0 Å². The molecule has 0 aromatic heterocycles. The van der Waals surface area contributed by atoms with Gasteiger partial charge in [0.05, 0.1) is 0 Å². The fourth-order valence-electron chi connectivity index (χ4n) is 1.53. The maximum atomic E-state index is 11.1. The van der Waals surface area contributed by atoms with E-state index >= 15 is 0 Å². The Kier molecular flexibility index (Phi) is 3.93. The van der Waals surface area contributed by atoms with Gasteiger partial charge in [0.2, 0.25) is 5.90 Å². The number of esters is 1. The van der Waals surface area contributed by atoms with Crippen molar-refractivity contribution >= 4 is 17.6 Å². The summed E-state index contributed by atoms with van der Waals surface area (Å²) in [6.07, 6.45) is 0. The molecular weight excluding hydrogens is 242 g/mol. The first-order valence-electron chi connectivity index (χ1n) is 5.77. The largest absolute Gasteiger partial charge is 0.506 e. The summed E-state index contributed by atoms with van der Waals surface area (Å²) in [7, 11) is 0. The number of nitrogens with zero attached hydrogens (tertiary/aromatic N) is 1. The lowest BCUT2D eigenvalue weighted by atomic mass is 10.2. The van der Waals surface area contributed by atoms with E-state index in [1.54, 1.807) is 30.3 Å². The van der Waals surface area contributed by atoms with E-state index in [0.717, 1.165) is 0 Å². The molecule has 2 aromatic carbocycles. The minimum absolute atomic E-state index is 0.0306. The number of carbonyl (C=O) groups excluding carboxylic acids is 1. The molecule has 0 heterocycles. The van der Waals surface area contributed by atoms with Crippen LogP contribution in [0.2, 0.25) is 0 Å². The van der Waals surface area contributed by atoms with Gasteiger partial charge in [-0.05, 0) is 24.3 Å². The molecule has 0 fully saturated rings. The van der Waals surface area contributed by atoms with Gasteiger partial charge in [-0.3, -0.25) is 4.79 Å². The van der Waals surface area contributed by atoms with Crippen LogP contribution in [0.15, 0.2) is 59.6 Å². The van der Waals surface area contributed by atoms with Crippen LogP contribution in [0.25, 0.3) is 0 Å². The Morgan fingerprint density at radius 3 is 2.32 bits per heavy atom. The first-order valence-corrected chi connectivity index (χ1v) is 5.77. The van der Waals surface area contributed by atoms with E-state index in [1.807, 2.05) is 18.2 Å². The standard InChI is InChI=1S/C15H13NO3/c1-11(17)19-15(12-7-3-2-4-8-12)16-13-9-5-6-10-14(13)18/h2-10,18H,1H3. The van der Waals surface area contributed by atoms with Gasteiger partial charge in [-0.15, -0.1) is 0 Å². The fraction of sp³-hybridized carbons (Fsp3) is 0.0667. The van der Waals surface area contributed by atoms with E-state index in [9.17, 15) is 9.90 Å². The van der Waals surface area contributed by atoms with Gasteiger partial charge in [-0.2, -0.15) is 0 Å². The number of aromatic hydroxyl groups is 1. The molecule has 0 unspecified atom stereocenters. The molecule has 0 spiro atoms. The Balaban J connectivity index is 2.44. The summed E-state index contributed by atoms with van der Waals surface area (Å²) in [6.45, 7) is 1.31.